The number of aromatic nitrogens is 3. The highest BCUT2D eigenvalue weighted by Crippen LogP contribution is 2.35. The van der Waals surface area contributed by atoms with Crippen molar-refractivity contribution in [3.63, 3.8) is 0 Å². The second-order valence-electron chi connectivity index (χ2n) is 10.4. The van der Waals surface area contributed by atoms with Gasteiger partial charge in [-0.05, 0) is 52.9 Å². The minimum Gasteiger partial charge on any atom is -0.492 e. The quantitative estimate of drug-likeness (QED) is 0.244. The van der Waals surface area contributed by atoms with Gasteiger partial charge in [0.2, 0.25) is 0 Å². The lowest BCUT2D eigenvalue weighted by Crippen LogP contribution is -2.30. The van der Waals surface area contributed by atoms with Crippen molar-refractivity contribution in [2.45, 2.75) is 39.0 Å². The molecule has 0 saturated heterocycles. The Labute approximate surface area is 240 Å². The van der Waals surface area contributed by atoms with Gasteiger partial charge >= 0.3 is 0 Å². The molecule has 0 spiro atoms. The fourth-order valence-corrected chi connectivity index (χ4v) is 5.34. The van der Waals surface area contributed by atoms with Gasteiger partial charge in [0.05, 0.1) is 24.2 Å². The molecule has 6 rings (SSSR count). The lowest BCUT2D eigenvalue weighted by atomic mass is 9.97. The van der Waals surface area contributed by atoms with Crippen LogP contribution in [0.25, 0.3) is 11.1 Å². The predicted octanol–water partition coefficient (Wildman–Crippen LogP) is 5.85. The topological polar surface area (TPSA) is 81.1 Å². The van der Waals surface area contributed by atoms with Gasteiger partial charge in [-0.15, -0.1) is 0 Å². The SMILES string of the molecule is Cc1ccccc1-c1ccc(Cn2cncc2CNC2CCOc3c(C(=O)NCc4ccncc4)cccc32)cc1. The second kappa shape index (κ2) is 12.2. The Hall–Kier alpha value is -4.75. The number of imidazole rings is 1. The Morgan fingerprint density at radius 3 is 2.59 bits per heavy atom. The van der Waals surface area contributed by atoms with Crippen LogP contribution in [0, 0.1) is 6.92 Å². The molecular formula is C34H33N5O2. The zero-order valence-electron chi connectivity index (χ0n) is 23.1. The summed E-state index contributed by atoms with van der Waals surface area (Å²) in [6.45, 7) is 4.53. The number of pyridine rings is 1. The van der Waals surface area contributed by atoms with Gasteiger partial charge in [-0.3, -0.25) is 9.78 Å². The Kier molecular flexibility index (Phi) is 7.87. The molecule has 41 heavy (non-hydrogen) atoms. The average Bonchev–Trinajstić information content (AvgIpc) is 3.46. The normalized spacial score (nSPS) is 14.2. The molecule has 7 nitrogen and oxygen atoms in total. The van der Waals surface area contributed by atoms with E-state index in [-0.39, 0.29) is 11.9 Å². The number of rotatable bonds is 9. The Morgan fingerprint density at radius 1 is 0.927 bits per heavy atom. The van der Waals surface area contributed by atoms with E-state index in [0.717, 1.165) is 29.8 Å². The first-order valence-corrected chi connectivity index (χ1v) is 14.0. The van der Waals surface area contributed by atoms with Crippen molar-refractivity contribution in [2.75, 3.05) is 6.61 Å². The maximum Gasteiger partial charge on any atom is 0.255 e. The van der Waals surface area contributed by atoms with E-state index in [1.165, 1.54) is 22.3 Å². The zero-order valence-corrected chi connectivity index (χ0v) is 23.1. The first-order chi connectivity index (χ1) is 20.2. The van der Waals surface area contributed by atoms with Crippen molar-refractivity contribution < 1.29 is 9.53 Å². The summed E-state index contributed by atoms with van der Waals surface area (Å²) in [5, 5.41) is 6.69. The molecule has 0 saturated carbocycles. The number of hydrogen-bond acceptors (Lipinski definition) is 5. The highest BCUT2D eigenvalue weighted by atomic mass is 16.5. The highest BCUT2D eigenvalue weighted by Gasteiger charge is 2.26. The van der Waals surface area contributed by atoms with E-state index < -0.39 is 0 Å². The molecule has 3 heterocycles. The van der Waals surface area contributed by atoms with Crippen LogP contribution in [0.2, 0.25) is 0 Å². The number of hydrogen-bond donors (Lipinski definition) is 2. The van der Waals surface area contributed by atoms with E-state index in [4.69, 9.17) is 4.74 Å². The van der Waals surface area contributed by atoms with Crippen LogP contribution in [0.4, 0.5) is 0 Å². The lowest BCUT2D eigenvalue weighted by molar-refractivity contribution is 0.0945. The van der Waals surface area contributed by atoms with E-state index in [0.29, 0.717) is 31.0 Å². The molecule has 2 N–H and O–H groups in total. The summed E-state index contributed by atoms with van der Waals surface area (Å²) in [4.78, 5) is 21.5. The fourth-order valence-electron chi connectivity index (χ4n) is 5.34. The van der Waals surface area contributed by atoms with E-state index in [9.17, 15) is 4.79 Å². The Morgan fingerprint density at radius 2 is 1.76 bits per heavy atom. The number of fused-ring (bicyclic) bond motifs is 1. The maximum absolute atomic E-state index is 13.0. The van der Waals surface area contributed by atoms with Gasteiger partial charge in [-0.2, -0.15) is 0 Å². The molecule has 0 fully saturated rings. The summed E-state index contributed by atoms with van der Waals surface area (Å²) in [6.07, 6.45) is 8.07. The minimum absolute atomic E-state index is 0.0726. The summed E-state index contributed by atoms with van der Waals surface area (Å²) in [5.41, 5.74) is 8.65. The standard InChI is InChI=1S/C34H33N5O2/c1-24-5-2-3-6-29(24)27-11-9-26(10-12-27)22-39-23-36-20-28(39)21-37-32-15-18-41-33-30(32)7-4-8-31(33)34(40)38-19-25-13-16-35-17-14-25/h2-14,16-17,20,23,32,37H,15,18-19,21-22H2,1H3,(H,38,40). The van der Waals surface area contributed by atoms with Gasteiger partial charge in [0.25, 0.3) is 5.91 Å². The number of aryl methyl sites for hydroxylation is 1. The third kappa shape index (κ3) is 6.05. The van der Waals surface area contributed by atoms with Crippen LogP contribution in [-0.2, 0) is 19.6 Å². The van der Waals surface area contributed by atoms with Gasteiger partial charge in [-0.25, -0.2) is 4.98 Å². The number of carbonyl (C=O) groups is 1. The minimum atomic E-state index is -0.147. The first kappa shape index (κ1) is 26.5. The molecule has 0 aliphatic carbocycles. The van der Waals surface area contributed by atoms with Gasteiger partial charge in [0.1, 0.15) is 5.75 Å². The lowest BCUT2D eigenvalue weighted by Gasteiger charge is -2.28. The van der Waals surface area contributed by atoms with Crippen molar-refractivity contribution in [1.29, 1.82) is 0 Å². The zero-order chi connectivity index (χ0) is 28.0. The molecular weight excluding hydrogens is 510 g/mol. The van der Waals surface area contributed by atoms with E-state index >= 15 is 0 Å². The monoisotopic (exact) mass is 543 g/mol. The summed E-state index contributed by atoms with van der Waals surface area (Å²) in [5.74, 6) is 0.511. The van der Waals surface area contributed by atoms with Crippen molar-refractivity contribution in [3.05, 3.63) is 137 Å². The number of nitrogens with one attached hydrogen (secondary N) is 2. The summed E-state index contributed by atoms with van der Waals surface area (Å²) < 4.78 is 8.20. The Bertz CT molecular complexity index is 1630. The van der Waals surface area contributed by atoms with Crippen LogP contribution in [0.3, 0.4) is 0 Å². The molecule has 5 aromatic rings. The van der Waals surface area contributed by atoms with Gasteiger partial charge in [0, 0.05) is 56.3 Å². The van der Waals surface area contributed by atoms with Gasteiger partial charge in [0.15, 0.2) is 0 Å². The van der Waals surface area contributed by atoms with Gasteiger partial charge in [-0.1, -0.05) is 60.7 Å². The molecule has 206 valence electrons. The molecule has 1 atom stereocenters. The molecule has 1 unspecified atom stereocenters. The predicted molar refractivity (Wildman–Crippen MR) is 159 cm³/mol. The molecule has 7 heteroatoms. The fraction of sp³-hybridized carbons (Fsp3) is 0.206. The first-order valence-electron chi connectivity index (χ1n) is 14.0. The average molecular weight is 544 g/mol. The number of carbonyl (C=O) groups excluding carboxylic acids is 1. The Balaban J connectivity index is 1.11. The molecule has 2 aromatic heterocycles. The molecule has 3 aromatic carbocycles. The van der Waals surface area contributed by atoms with Crippen molar-refractivity contribution in [2.24, 2.45) is 0 Å². The van der Waals surface area contributed by atoms with Crippen LogP contribution < -0.4 is 15.4 Å². The van der Waals surface area contributed by atoms with E-state index in [1.54, 1.807) is 12.4 Å². The van der Waals surface area contributed by atoms with Crippen LogP contribution in [-0.4, -0.2) is 27.0 Å². The highest BCUT2D eigenvalue weighted by molar-refractivity contribution is 5.97. The van der Waals surface area contributed by atoms with Crippen molar-refractivity contribution in [1.82, 2.24) is 25.2 Å². The van der Waals surface area contributed by atoms with E-state index in [2.05, 4.69) is 80.6 Å². The van der Waals surface area contributed by atoms with Crippen LogP contribution >= 0.6 is 0 Å². The largest absolute Gasteiger partial charge is 0.492 e. The van der Waals surface area contributed by atoms with Crippen LogP contribution in [0.1, 0.15) is 50.8 Å². The molecule has 0 radical (unpaired) electrons. The smallest absolute Gasteiger partial charge is 0.255 e. The number of benzene rings is 3. The molecule has 0 bridgehead atoms. The summed E-state index contributed by atoms with van der Waals surface area (Å²) in [7, 11) is 0. The van der Waals surface area contributed by atoms with E-state index in [1.807, 2.05) is 42.9 Å². The van der Waals surface area contributed by atoms with Crippen LogP contribution in [0.5, 0.6) is 5.75 Å². The third-order valence-electron chi connectivity index (χ3n) is 7.61. The molecule has 1 amide bonds. The third-order valence-corrected chi connectivity index (χ3v) is 7.61. The number of nitrogens with zero attached hydrogens (tertiary/aromatic N) is 3. The van der Waals surface area contributed by atoms with Crippen molar-refractivity contribution in [3.8, 4) is 16.9 Å². The van der Waals surface area contributed by atoms with Crippen LogP contribution in [0.15, 0.2) is 104 Å². The second-order valence-corrected chi connectivity index (χ2v) is 10.4. The van der Waals surface area contributed by atoms with Gasteiger partial charge < -0.3 is 19.9 Å². The molecule has 1 aliphatic heterocycles. The number of ether oxygens (including phenoxy) is 1. The number of amides is 1. The number of para-hydroxylation sites is 1. The summed E-state index contributed by atoms with van der Waals surface area (Å²) in [6, 6.07) is 26.9. The van der Waals surface area contributed by atoms with Crippen molar-refractivity contribution >= 4 is 5.91 Å². The maximum atomic E-state index is 13.0. The molecule has 1 aliphatic rings. The summed E-state index contributed by atoms with van der Waals surface area (Å²) >= 11 is 0.